The Hall–Kier alpha value is -3.36. The van der Waals surface area contributed by atoms with Crippen LogP contribution >= 0.6 is 11.6 Å². The highest BCUT2D eigenvalue weighted by Crippen LogP contribution is 2.27. The third kappa shape index (κ3) is 5.35. The zero-order valence-electron chi connectivity index (χ0n) is 17.7. The van der Waals surface area contributed by atoms with Gasteiger partial charge in [0.1, 0.15) is 17.3 Å². The van der Waals surface area contributed by atoms with Crippen molar-refractivity contribution in [2.24, 2.45) is 4.40 Å². The first-order valence-electron chi connectivity index (χ1n) is 10.1. The largest absolute Gasteiger partial charge is 0.490 e. The Morgan fingerprint density at radius 1 is 1.00 bits per heavy atom. The predicted octanol–water partition coefficient (Wildman–Crippen LogP) is 4.03. The standard InChI is InChI=1S/C24H21ClN2O5S/c1-27(23-21-9-5-6-10-22(21)33(29,30)26-23)15-20(16-31-19-7-3-2-4-8-19)32-24(28)17-11-13-18(25)14-12-17/h2-14,20H,15-16H2,1H3/t20-/m1/s1. The Labute approximate surface area is 197 Å². The Balaban J connectivity index is 1.53. The summed E-state index contributed by atoms with van der Waals surface area (Å²) in [5, 5.41) is 0.509. The van der Waals surface area contributed by atoms with E-state index in [9.17, 15) is 13.2 Å². The number of para-hydroxylation sites is 1. The number of hydrogen-bond donors (Lipinski definition) is 0. The number of ether oxygens (including phenoxy) is 2. The zero-order valence-corrected chi connectivity index (χ0v) is 19.3. The van der Waals surface area contributed by atoms with Gasteiger partial charge in [-0.1, -0.05) is 41.9 Å². The molecule has 1 atom stereocenters. The van der Waals surface area contributed by atoms with E-state index < -0.39 is 22.1 Å². The summed E-state index contributed by atoms with van der Waals surface area (Å²) in [6.45, 7) is 0.226. The number of amidine groups is 1. The maximum Gasteiger partial charge on any atom is 0.338 e. The van der Waals surface area contributed by atoms with E-state index in [1.807, 2.05) is 18.2 Å². The molecule has 0 radical (unpaired) electrons. The number of halogens is 1. The second-order valence-corrected chi connectivity index (χ2v) is 9.43. The molecule has 0 spiro atoms. The number of benzene rings is 3. The third-order valence-corrected chi connectivity index (χ3v) is 6.56. The molecule has 0 aromatic heterocycles. The highest BCUT2D eigenvalue weighted by molar-refractivity contribution is 7.90. The maximum absolute atomic E-state index is 12.7. The number of rotatable bonds is 7. The molecule has 0 bridgehead atoms. The molecule has 33 heavy (non-hydrogen) atoms. The van der Waals surface area contributed by atoms with Gasteiger partial charge in [0.2, 0.25) is 0 Å². The molecular weight excluding hydrogens is 464 g/mol. The average molecular weight is 485 g/mol. The number of nitrogens with zero attached hydrogens (tertiary/aromatic N) is 2. The van der Waals surface area contributed by atoms with Crippen molar-refractivity contribution in [3.63, 3.8) is 0 Å². The van der Waals surface area contributed by atoms with Crippen LogP contribution in [0.4, 0.5) is 0 Å². The van der Waals surface area contributed by atoms with E-state index in [4.69, 9.17) is 21.1 Å². The van der Waals surface area contributed by atoms with E-state index in [-0.39, 0.29) is 23.9 Å². The molecule has 7 nitrogen and oxygen atoms in total. The van der Waals surface area contributed by atoms with Gasteiger partial charge in [-0.25, -0.2) is 4.79 Å². The number of fused-ring (bicyclic) bond motifs is 1. The van der Waals surface area contributed by atoms with Gasteiger partial charge in [-0.2, -0.15) is 8.42 Å². The molecule has 0 amide bonds. The van der Waals surface area contributed by atoms with E-state index in [1.165, 1.54) is 6.07 Å². The molecule has 1 aliphatic rings. The third-order valence-electron chi connectivity index (χ3n) is 4.98. The average Bonchev–Trinajstić information content (AvgIpc) is 3.10. The Morgan fingerprint density at radius 3 is 2.39 bits per heavy atom. The van der Waals surface area contributed by atoms with Crippen LogP contribution in [0, 0.1) is 0 Å². The van der Waals surface area contributed by atoms with Gasteiger partial charge in [-0.05, 0) is 48.5 Å². The fraction of sp³-hybridized carbons (Fsp3) is 0.167. The summed E-state index contributed by atoms with van der Waals surface area (Å²) in [4.78, 5) is 14.5. The minimum atomic E-state index is -3.77. The second-order valence-electron chi connectivity index (χ2n) is 7.42. The predicted molar refractivity (Wildman–Crippen MR) is 125 cm³/mol. The topological polar surface area (TPSA) is 85.3 Å². The van der Waals surface area contributed by atoms with Crippen LogP contribution in [0.5, 0.6) is 5.75 Å². The van der Waals surface area contributed by atoms with Gasteiger partial charge < -0.3 is 14.4 Å². The molecule has 3 aromatic carbocycles. The fourth-order valence-electron chi connectivity index (χ4n) is 3.39. The lowest BCUT2D eigenvalue weighted by Crippen LogP contribution is -2.39. The van der Waals surface area contributed by atoms with Gasteiger partial charge in [-0.3, -0.25) is 0 Å². The monoisotopic (exact) mass is 484 g/mol. The van der Waals surface area contributed by atoms with Crippen LogP contribution in [0.2, 0.25) is 5.02 Å². The zero-order chi connectivity index (χ0) is 23.4. The minimum Gasteiger partial charge on any atom is -0.490 e. The summed E-state index contributed by atoms with van der Waals surface area (Å²) in [6, 6.07) is 22.1. The molecule has 9 heteroatoms. The lowest BCUT2D eigenvalue weighted by molar-refractivity contribution is 0.0130. The Morgan fingerprint density at radius 2 is 1.67 bits per heavy atom. The minimum absolute atomic E-state index is 0.0648. The van der Waals surface area contributed by atoms with Crippen molar-refractivity contribution in [1.29, 1.82) is 0 Å². The Kier molecular flexibility index (Phi) is 6.67. The molecule has 0 saturated carbocycles. The van der Waals surface area contributed by atoms with Crippen molar-refractivity contribution in [2.75, 3.05) is 20.2 Å². The number of carbonyl (C=O) groups is 1. The van der Waals surface area contributed by atoms with Crippen LogP contribution in [-0.4, -0.2) is 51.4 Å². The van der Waals surface area contributed by atoms with Gasteiger partial charge in [0.05, 0.1) is 12.1 Å². The SMILES string of the molecule is CN(C[C@H](COc1ccccc1)OC(=O)c1ccc(Cl)cc1)C1=NS(=O)(=O)c2ccccc21. The summed E-state index contributed by atoms with van der Waals surface area (Å²) in [5.74, 6) is 0.375. The Bertz CT molecular complexity index is 1280. The van der Waals surface area contributed by atoms with Crippen LogP contribution in [0.1, 0.15) is 15.9 Å². The van der Waals surface area contributed by atoms with Crippen LogP contribution in [0.3, 0.4) is 0 Å². The van der Waals surface area contributed by atoms with Gasteiger partial charge in [0.15, 0.2) is 11.9 Å². The fourth-order valence-corrected chi connectivity index (χ4v) is 4.77. The quantitative estimate of drug-likeness (QED) is 0.471. The maximum atomic E-state index is 12.7. The summed E-state index contributed by atoms with van der Waals surface area (Å²) >= 11 is 5.90. The molecule has 3 aromatic rings. The van der Waals surface area contributed by atoms with Crippen molar-refractivity contribution >= 4 is 33.4 Å². The van der Waals surface area contributed by atoms with E-state index in [1.54, 1.807) is 66.5 Å². The van der Waals surface area contributed by atoms with Gasteiger partial charge in [-0.15, -0.1) is 4.40 Å². The lowest BCUT2D eigenvalue weighted by Gasteiger charge is -2.25. The number of likely N-dealkylation sites (N-methyl/N-ethyl adjacent to an activating group) is 1. The molecular formula is C24H21ClN2O5S. The smallest absolute Gasteiger partial charge is 0.338 e. The van der Waals surface area contributed by atoms with Crippen LogP contribution in [0.25, 0.3) is 0 Å². The number of sulfonamides is 1. The number of carbonyl (C=O) groups excluding carboxylic acids is 1. The van der Waals surface area contributed by atoms with Crippen LogP contribution < -0.4 is 4.74 Å². The van der Waals surface area contributed by atoms with Gasteiger partial charge >= 0.3 is 5.97 Å². The normalized spacial score (nSPS) is 14.7. The summed E-state index contributed by atoms with van der Waals surface area (Å²) < 4.78 is 40.3. The van der Waals surface area contributed by atoms with E-state index >= 15 is 0 Å². The van der Waals surface area contributed by atoms with E-state index in [0.29, 0.717) is 21.9 Å². The van der Waals surface area contributed by atoms with Crippen molar-refractivity contribution in [3.8, 4) is 5.75 Å². The highest BCUT2D eigenvalue weighted by Gasteiger charge is 2.32. The van der Waals surface area contributed by atoms with Crippen molar-refractivity contribution in [2.45, 2.75) is 11.0 Å². The first-order valence-corrected chi connectivity index (χ1v) is 12.0. The molecule has 1 aliphatic heterocycles. The van der Waals surface area contributed by atoms with Crippen molar-refractivity contribution < 1.29 is 22.7 Å². The summed E-state index contributed by atoms with van der Waals surface area (Å²) in [6.07, 6.45) is -0.712. The molecule has 170 valence electrons. The van der Waals surface area contributed by atoms with E-state index in [2.05, 4.69) is 4.40 Å². The second kappa shape index (κ2) is 9.64. The molecule has 0 N–H and O–H groups in total. The molecule has 0 unspecified atom stereocenters. The lowest BCUT2D eigenvalue weighted by atomic mass is 10.2. The van der Waals surface area contributed by atoms with Crippen molar-refractivity contribution in [1.82, 2.24) is 4.90 Å². The molecule has 1 heterocycles. The van der Waals surface area contributed by atoms with E-state index in [0.717, 1.165) is 0 Å². The van der Waals surface area contributed by atoms with Gasteiger partial charge in [0.25, 0.3) is 10.0 Å². The van der Waals surface area contributed by atoms with Crippen LogP contribution in [-0.2, 0) is 14.8 Å². The number of esters is 1. The molecule has 0 aliphatic carbocycles. The molecule has 0 fully saturated rings. The van der Waals surface area contributed by atoms with Crippen molar-refractivity contribution in [3.05, 3.63) is 95.0 Å². The first-order chi connectivity index (χ1) is 15.8. The summed E-state index contributed by atoms with van der Waals surface area (Å²) in [5.41, 5.74) is 0.852. The van der Waals surface area contributed by atoms with Gasteiger partial charge in [0, 0.05) is 17.6 Å². The van der Waals surface area contributed by atoms with Crippen LogP contribution in [0.15, 0.2) is 88.2 Å². The highest BCUT2D eigenvalue weighted by atomic mass is 35.5. The summed E-state index contributed by atoms with van der Waals surface area (Å²) in [7, 11) is -2.07. The number of hydrogen-bond acceptors (Lipinski definition) is 6. The first kappa shape index (κ1) is 22.8. The molecule has 4 rings (SSSR count). The molecule has 0 saturated heterocycles.